The summed E-state index contributed by atoms with van der Waals surface area (Å²) in [7, 11) is 0. The van der Waals surface area contributed by atoms with Crippen LogP contribution in [-0.2, 0) is 20.7 Å². The van der Waals surface area contributed by atoms with Crippen LogP contribution in [0.4, 0.5) is 5.69 Å². The highest BCUT2D eigenvalue weighted by Crippen LogP contribution is 2.35. The maximum atomic E-state index is 12.7. The fourth-order valence-electron chi connectivity index (χ4n) is 2.93. The summed E-state index contributed by atoms with van der Waals surface area (Å²) in [5, 5.41) is 3.83. The number of anilines is 1. The minimum atomic E-state index is -0.559. The third-order valence-corrected chi connectivity index (χ3v) is 5.59. The minimum Gasteiger partial charge on any atom is -0.456 e. The molecule has 1 aromatic heterocycles. The monoisotopic (exact) mass is 344 g/mol. The van der Waals surface area contributed by atoms with E-state index in [0.717, 1.165) is 27.6 Å². The zero-order valence-corrected chi connectivity index (χ0v) is 14.8. The number of hydrogen-bond donors (Lipinski definition) is 1. The fraction of sp³-hybridized carbons (Fsp3) is 0.389. The van der Waals surface area contributed by atoms with E-state index >= 15 is 0 Å². The fourth-order valence-corrected chi connectivity index (χ4v) is 3.91. The van der Waals surface area contributed by atoms with E-state index in [1.165, 1.54) is 0 Å². The second-order valence-corrected chi connectivity index (χ2v) is 7.00. The van der Waals surface area contributed by atoms with Crippen LogP contribution in [0.2, 0.25) is 0 Å². The molecule has 2 unspecified atom stereocenters. The molecule has 24 heavy (non-hydrogen) atoms. The summed E-state index contributed by atoms with van der Waals surface area (Å²) in [6.45, 7) is 5.83. The normalized spacial score (nSPS) is 17.8. The average Bonchev–Trinajstić information content (AvgIpc) is 2.95. The van der Waals surface area contributed by atoms with Gasteiger partial charge in [0.2, 0.25) is 5.91 Å². The summed E-state index contributed by atoms with van der Waals surface area (Å²) in [6, 6.07) is 7.36. The zero-order valence-electron chi connectivity index (χ0n) is 14.0. The van der Waals surface area contributed by atoms with Gasteiger partial charge in [-0.05, 0) is 31.9 Å². The summed E-state index contributed by atoms with van der Waals surface area (Å²) in [5.74, 6) is -1.09. The Morgan fingerprint density at radius 2 is 2.21 bits per heavy atom. The number of ether oxygens (including phenoxy) is 1. The third-order valence-electron chi connectivity index (χ3n) is 4.13. The number of carbonyl (C=O) groups is 2. The van der Waals surface area contributed by atoms with Crippen LogP contribution in [0.1, 0.15) is 53.4 Å². The maximum absolute atomic E-state index is 12.7. The molecule has 0 radical (unpaired) electrons. The van der Waals surface area contributed by atoms with Gasteiger partial charge in [0.25, 0.3) is 0 Å². The van der Waals surface area contributed by atoms with Crippen LogP contribution in [0, 0.1) is 6.92 Å². The van der Waals surface area contributed by atoms with Crippen molar-refractivity contribution < 1.29 is 14.3 Å². The number of aryl methyl sites for hydroxylation is 2. The van der Waals surface area contributed by atoms with Crippen molar-refractivity contribution in [2.75, 3.05) is 5.32 Å². The number of esters is 1. The number of benzene rings is 1. The SMILES string of the molecule is CCc1nc(C)c(C(C)OC(=O)C2CC(=O)Nc3ccccc32)s1. The molecule has 1 amide bonds. The molecule has 3 rings (SSSR count). The van der Waals surface area contributed by atoms with Crippen molar-refractivity contribution in [2.24, 2.45) is 0 Å². The molecule has 0 bridgehead atoms. The van der Waals surface area contributed by atoms with E-state index in [9.17, 15) is 9.59 Å². The van der Waals surface area contributed by atoms with Gasteiger partial charge in [-0.1, -0.05) is 25.1 Å². The second-order valence-electron chi connectivity index (χ2n) is 5.88. The van der Waals surface area contributed by atoms with Gasteiger partial charge in [-0.2, -0.15) is 0 Å². The smallest absolute Gasteiger partial charge is 0.314 e. The van der Waals surface area contributed by atoms with Crippen molar-refractivity contribution in [3.8, 4) is 0 Å². The Bertz CT molecular complexity index is 784. The molecule has 6 heteroatoms. The maximum Gasteiger partial charge on any atom is 0.314 e. The zero-order chi connectivity index (χ0) is 17.3. The number of fused-ring (bicyclic) bond motifs is 1. The molecule has 1 N–H and O–H groups in total. The van der Waals surface area contributed by atoms with Crippen LogP contribution in [0.3, 0.4) is 0 Å². The molecule has 126 valence electrons. The van der Waals surface area contributed by atoms with E-state index in [2.05, 4.69) is 17.2 Å². The number of thiazole rings is 1. The first-order valence-corrected chi connectivity index (χ1v) is 8.86. The first-order chi connectivity index (χ1) is 11.5. The Balaban J connectivity index is 1.79. The van der Waals surface area contributed by atoms with Gasteiger partial charge in [0.05, 0.1) is 21.5 Å². The number of rotatable bonds is 4. The molecule has 0 saturated carbocycles. The third kappa shape index (κ3) is 3.19. The van der Waals surface area contributed by atoms with Gasteiger partial charge >= 0.3 is 5.97 Å². The Kier molecular flexibility index (Phi) is 4.66. The molecule has 1 aromatic carbocycles. The van der Waals surface area contributed by atoms with Crippen LogP contribution in [0.25, 0.3) is 0 Å². The van der Waals surface area contributed by atoms with E-state index in [4.69, 9.17) is 4.74 Å². The van der Waals surface area contributed by atoms with Crippen molar-refractivity contribution in [1.82, 2.24) is 4.98 Å². The van der Waals surface area contributed by atoms with Crippen LogP contribution < -0.4 is 5.32 Å². The predicted octanol–water partition coefficient (Wildman–Crippen LogP) is 3.74. The summed E-state index contributed by atoms with van der Waals surface area (Å²) in [5.41, 5.74) is 2.40. The van der Waals surface area contributed by atoms with Crippen molar-refractivity contribution in [3.63, 3.8) is 0 Å². The van der Waals surface area contributed by atoms with Gasteiger partial charge in [0, 0.05) is 12.1 Å². The van der Waals surface area contributed by atoms with Crippen LogP contribution >= 0.6 is 11.3 Å². The summed E-state index contributed by atoms with van der Waals surface area (Å²) < 4.78 is 5.67. The molecule has 2 atom stereocenters. The molecule has 0 spiro atoms. The van der Waals surface area contributed by atoms with Gasteiger partial charge < -0.3 is 10.1 Å². The number of aromatic nitrogens is 1. The molecular weight excluding hydrogens is 324 g/mol. The van der Waals surface area contributed by atoms with Crippen molar-refractivity contribution in [1.29, 1.82) is 0 Å². The van der Waals surface area contributed by atoms with E-state index < -0.39 is 5.92 Å². The molecule has 5 nitrogen and oxygen atoms in total. The number of nitrogens with one attached hydrogen (secondary N) is 1. The Morgan fingerprint density at radius 3 is 2.92 bits per heavy atom. The van der Waals surface area contributed by atoms with Gasteiger partial charge in [0.15, 0.2) is 0 Å². The quantitative estimate of drug-likeness (QED) is 0.858. The summed E-state index contributed by atoms with van der Waals surface area (Å²) in [6.07, 6.45) is 0.611. The number of amides is 1. The molecule has 2 aromatic rings. The second kappa shape index (κ2) is 6.73. The lowest BCUT2D eigenvalue weighted by atomic mass is 9.90. The average molecular weight is 344 g/mol. The highest BCUT2D eigenvalue weighted by atomic mass is 32.1. The van der Waals surface area contributed by atoms with E-state index in [-0.39, 0.29) is 24.4 Å². The van der Waals surface area contributed by atoms with Crippen LogP contribution in [0.15, 0.2) is 24.3 Å². The Hall–Kier alpha value is -2.21. The van der Waals surface area contributed by atoms with Gasteiger partial charge in [-0.25, -0.2) is 4.98 Å². The standard InChI is InChI=1S/C18H20N2O3S/c1-4-16-19-10(2)17(24-16)11(3)23-18(22)13-9-15(21)20-14-8-6-5-7-12(13)14/h5-8,11,13H,4,9H2,1-3H3,(H,20,21). The first-order valence-electron chi connectivity index (χ1n) is 8.05. The highest BCUT2D eigenvalue weighted by Gasteiger charge is 2.33. The van der Waals surface area contributed by atoms with Crippen molar-refractivity contribution in [3.05, 3.63) is 45.4 Å². The molecule has 2 heterocycles. The number of para-hydroxylation sites is 1. The molecule has 0 aliphatic carbocycles. The highest BCUT2D eigenvalue weighted by molar-refractivity contribution is 7.11. The molecule has 0 saturated heterocycles. The topological polar surface area (TPSA) is 68.3 Å². The predicted molar refractivity (Wildman–Crippen MR) is 93.2 cm³/mol. The lowest BCUT2D eigenvalue weighted by Gasteiger charge is -2.25. The Labute approximate surface area is 145 Å². The van der Waals surface area contributed by atoms with Gasteiger partial charge in [-0.3, -0.25) is 9.59 Å². The minimum absolute atomic E-state index is 0.116. The number of nitrogens with zero attached hydrogens (tertiary/aromatic N) is 1. The van der Waals surface area contributed by atoms with Crippen molar-refractivity contribution >= 4 is 28.9 Å². The first kappa shape index (κ1) is 16.6. The number of hydrogen-bond acceptors (Lipinski definition) is 5. The molecule has 0 fully saturated rings. The van der Waals surface area contributed by atoms with Gasteiger partial charge in [0.1, 0.15) is 6.10 Å². The molecular formula is C18H20N2O3S. The van der Waals surface area contributed by atoms with E-state index in [1.54, 1.807) is 17.4 Å². The van der Waals surface area contributed by atoms with E-state index in [1.807, 2.05) is 32.0 Å². The lowest BCUT2D eigenvalue weighted by Crippen LogP contribution is -2.29. The van der Waals surface area contributed by atoms with Gasteiger partial charge in [-0.15, -0.1) is 11.3 Å². The Morgan fingerprint density at radius 1 is 1.46 bits per heavy atom. The van der Waals surface area contributed by atoms with E-state index in [0.29, 0.717) is 5.69 Å². The molecule has 1 aliphatic rings. The number of carbonyl (C=O) groups excluding carboxylic acids is 2. The largest absolute Gasteiger partial charge is 0.456 e. The summed E-state index contributed by atoms with van der Waals surface area (Å²) in [4.78, 5) is 30.0. The van der Waals surface area contributed by atoms with Crippen molar-refractivity contribution in [2.45, 2.75) is 45.6 Å². The van der Waals surface area contributed by atoms with Crippen LogP contribution in [0.5, 0.6) is 0 Å². The lowest BCUT2D eigenvalue weighted by molar-refractivity contribution is -0.151. The van der Waals surface area contributed by atoms with Crippen LogP contribution in [-0.4, -0.2) is 16.9 Å². The summed E-state index contributed by atoms with van der Waals surface area (Å²) >= 11 is 1.57. The molecule has 1 aliphatic heterocycles.